The second kappa shape index (κ2) is 8.14. The molecule has 0 saturated heterocycles. The Morgan fingerprint density at radius 1 is 1.12 bits per heavy atom. The van der Waals surface area contributed by atoms with Gasteiger partial charge in [0.1, 0.15) is 0 Å². The Hall–Kier alpha value is -1.37. The molecule has 2 aromatic carbocycles. The Kier molecular flexibility index (Phi) is 6.43. The van der Waals surface area contributed by atoms with Crippen LogP contribution in [0.25, 0.3) is 0 Å². The van der Waals surface area contributed by atoms with Crippen LogP contribution in [0.2, 0.25) is 10.0 Å². The SMILES string of the molecule is C=CC[C@H](NNS(=O)(=O)c1ccc(C)cc1)c1ccc(Cl)c(Cl)c1. The molecule has 0 unspecified atom stereocenters. The van der Waals surface area contributed by atoms with Gasteiger partial charge in [-0.3, -0.25) is 0 Å². The van der Waals surface area contributed by atoms with Crippen molar-refractivity contribution in [3.05, 3.63) is 76.3 Å². The zero-order valence-electron chi connectivity index (χ0n) is 13.1. The Balaban J connectivity index is 2.17. The maximum Gasteiger partial charge on any atom is 0.253 e. The van der Waals surface area contributed by atoms with Crippen LogP contribution < -0.4 is 10.3 Å². The molecule has 0 bridgehead atoms. The minimum absolute atomic E-state index is 0.187. The Morgan fingerprint density at radius 2 is 1.79 bits per heavy atom. The molecule has 0 aliphatic carbocycles. The van der Waals surface area contributed by atoms with Crippen molar-refractivity contribution >= 4 is 33.2 Å². The van der Waals surface area contributed by atoms with Crippen LogP contribution >= 0.6 is 23.2 Å². The first-order valence-electron chi connectivity index (χ1n) is 7.23. The van der Waals surface area contributed by atoms with Gasteiger partial charge in [-0.25, -0.2) is 13.8 Å². The van der Waals surface area contributed by atoms with E-state index < -0.39 is 10.0 Å². The van der Waals surface area contributed by atoms with Crippen molar-refractivity contribution in [1.82, 2.24) is 10.3 Å². The van der Waals surface area contributed by atoms with Crippen molar-refractivity contribution in [1.29, 1.82) is 0 Å². The molecule has 0 aliphatic heterocycles. The lowest BCUT2D eigenvalue weighted by atomic mass is 10.0. The Labute approximate surface area is 152 Å². The first kappa shape index (κ1) is 19.0. The summed E-state index contributed by atoms with van der Waals surface area (Å²) in [4.78, 5) is 2.60. The summed E-state index contributed by atoms with van der Waals surface area (Å²) >= 11 is 12.0. The van der Waals surface area contributed by atoms with E-state index in [1.54, 1.807) is 48.5 Å². The standard InChI is InChI=1S/C17H18Cl2N2O2S/c1-3-4-17(13-7-10-15(18)16(19)11-13)20-21-24(22,23)14-8-5-12(2)6-9-14/h3,5-11,17,20-21H,1,4H2,2H3/t17-/m0/s1. The highest BCUT2D eigenvalue weighted by atomic mass is 35.5. The summed E-state index contributed by atoms with van der Waals surface area (Å²) in [5.41, 5.74) is 4.62. The third-order valence-corrected chi connectivity index (χ3v) is 5.47. The minimum Gasteiger partial charge on any atom is -0.236 e. The molecule has 1 atom stereocenters. The van der Waals surface area contributed by atoms with Gasteiger partial charge >= 0.3 is 0 Å². The van der Waals surface area contributed by atoms with Gasteiger partial charge in [0.25, 0.3) is 10.0 Å². The second-order valence-corrected chi connectivity index (χ2v) is 7.81. The van der Waals surface area contributed by atoms with Crippen molar-refractivity contribution < 1.29 is 8.42 Å². The van der Waals surface area contributed by atoms with Gasteiger partial charge in [-0.15, -0.1) is 11.4 Å². The lowest BCUT2D eigenvalue weighted by molar-refractivity contribution is 0.494. The number of hydrazine groups is 1. The highest BCUT2D eigenvalue weighted by molar-refractivity contribution is 7.89. The van der Waals surface area contributed by atoms with Crippen molar-refractivity contribution in [2.45, 2.75) is 24.3 Å². The first-order chi connectivity index (χ1) is 11.3. The average molecular weight is 385 g/mol. The molecule has 2 rings (SSSR count). The molecular formula is C17H18Cl2N2O2S. The largest absolute Gasteiger partial charge is 0.253 e. The van der Waals surface area contributed by atoms with Crippen LogP contribution in [0, 0.1) is 6.92 Å². The van der Waals surface area contributed by atoms with Gasteiger partial charge in [0.15, 0.2) is 0 Å². The summed E-state index contributed by atoms with van der Waals surface area (Å²) < 4.78 is 24.7. The Morgan fingerprint density at radius 3 is 2.38 bits per heavy atom. The average Bonchev–Trinajstić information content (AvgIpc) is 2.54. The fraction of sp³-hybridized carbons (Fsp3) is 0.176. The highest BCUT2D eigenvalue weighted by Crippen LogP contribution is 2.27. The van der Waals surface area contributed by atoms with Gasteiger partial charge in [-0.05, 0) is 43.2 Å². The summed E-state index contributed by atoms with van der Waals surface area (Å²) in [7, 11) is -3.67. The first-order valence-corrected chi connectivity index (χ1v) is 9.47. The number of hydrogen-bond donors (Lipinski definition) is 2. The predicted molar refractivity (Wildman–Crippen MR) is 98.7 cm³/mol. The summed E-state index contributed by atoms with van der Waals surface area (Å²) in [6.45, 7) is 5.60. The summed E-state index contributed by atoms with van der Waals surface area (Å²) in [6, 6.07) is 11.4. The second-order valence-electron chi connectivity index (χ2n) is 5.31. The zero-order chi connectivity index (χ0) is 17.7. The predicted octanol–water partition coefficient (Wildman–Crippen LogP) is 4.40. The van der Waals surface area contributed by atoms with Crippen LogP contribution in [0.5, 0.6) is 0 Å². The molecule has 0 radical (unpaired) electrons. The van der Waals surface area contributed by atoms with E-state index in [1.165, 1.54) is 0 Å². The number of sulfonamides is 1. The molecule has 0 amide bonds. The summed E-state index contributed by atoms with van der Waals surface area (Å²) in [5, 5.41) is 0.851. The van der Waals surface area contributed by atoms with Gasteiger partial charge in [-0.1, -0.05) is 53.0 Å². The van der Waals surface area contributed by atoms with Gasteiger partial charge in [0.05, 0.1) is 21.0 Å². The van der Waals surface area contributed by atoms with Crippen molar-refractivity contribution in [2.75, 3.05) is 0 Å². The molecule has 2 aromatic rings. The van der Waals surface area contributed by atoms with Crippen LogP contribution in [0.4, 0.5) is 0 Å². The molecule has 0 spiro atoms. The monoisotopic (exact) mass is 384 g/mol. The number of hydrogen-bond acceptors (Lipinski definition) is 3. The molecule has 0 fully saturated rings. The Bertz CT molecular complexity index is 821. The third kappa shape index (κ3) is 4.82. The van der Waals surface area contributed by atoms with E-state index in [0.717, 1.165) is 11.1 Å². The lowest BCUT2D eigenvalue weighted by Crippen LogP contribution is -2.39. The van der Waals surface area contributed by atoms with E-state index in [0.29, 0.717) is 16.5 Å². The number of halogens is 2. The van der Waals surface area contributed by atoms with E-state index in [-0.39, 0.29) is 10.9 Å². The molecule has 7 heteroatoms. The number of aryl methyl sites for hydroxylation is 1. The van der Waals surface area contributed by atoms with E-state index in [1.807, 2.05) is 6.92 Å². The molecule has 0 aromatic heterocycles. The van der Waals surface area contributed by atoms with Crippen LogP contribution in [0.15, 0.2) is 60.0 Å². The molecule has 0 heterocycles. The fourth-order valence-corrected chi connectivity index (χ4v) is 3.32. The van der Waals surface area contributed by atoms with Crippen molar-refractivity contribution in [3.8, 4) is 0 Å². The molecule has 24 heavy (non-hydrogen) atoms. The van der Waals surface area contributed by atoms with E-state index >= 15 is 0 Å². The maximum atomic E-state index is 12.4. The molecule has 4 nitrogen and oxygen atoms in total. The van der Waals surface area contributed by atoms with Crippen LogP contribution in [0.1, 0.15) is 23.6 Å². The van der Waals surface area contributed by atoms with Crippen molar-refractivity contribution in [3.63, 3.8) is 0 Å². The van der Waals surface area contributed by atoms with E-state index in [2.05, 4.69) is 16.8 Å². The zero-order valence-corrected chi connectivity index (χ0v) is 15.4. The highest BCUT2D eigenvalue weighted by Gasteiger charge is 2.17. The van der Waals surface area contributed by atoms with Gasteiger partial charge < -0.3 is 0 Å². The third-order valence-electron chi connectivity index (χ3n) is 3.45. The quantitative estimate of drug-likeness (QED) is 0.549. The number of rotatable bonds is 7. The number of benzene rings is 2. The molecule has 0 aliphatic rings. The van der Waals surface area contributed by atoms with Gasteiger partial charge in [0, 0.05) is 0 Å². The van der Waals surface area contributed by atoms with E-state index in [9.17, 15) is 8.42 Å². The normalized spacial score (nSPS) is 12.8. The summed E-state index contributed by atoms with van der Waals surface area (Å²) in [5.74, 6) is 0. The van der Waals surface area contributed by atoms with Gasteiger partial charge in [-0.2, -0.15) is 0 Å². The fourth-order valence-electron chi connectivity index (χ4n) is 2.10. The van der Waals surface area contributed by atoms with Crippen molar-refractivity contribution in [2.24, 2.45) is 0 Å². The molecule has 0 saturated carbocycles. The molecule has 2 N–H and O–H groups in total. The van der Waals surface area contributed by atoms with E-state index in [4.69, 9.17) is 23.2 Å². The smallest absolute Gasteiger partial charge is 0.236 e. The lowest BCUT2D eigenvalue weighted by Gasteiger charge is -2.19. The minimum atomic E-state index is -3.67. The molecule has 128 valence electrons. The van der Waals surface area contributed by atoms with Crippen LogP contribution in [0.3, 0.4) is 0 Å². The number of nitrogens with one attached hydrogen (secondary N) is 2. The van der Waals surface area contributed by atoms with Crippen LogP contribution in [-0.4, -0.2) is 8.42 Å². The topological polar surface area (TPSA) is 58.2 Å². The summed E-state index contributed by atoms with van der Waals surface area (Å²) in [6.07, 6.45) is 2.20. The maximum absolute atomic E-state index is 12.4. The molecular weight excluding hydrogens is 367 g/mol. The van der Waals surface area contributed by atoms with Gasteiger partial charge in [0.2, 0.25) is 0 Å². The van der Waals surface area contributed by atoms with Crippen LogP contribution in [-0.2, 0) is 10.0 Å².